The van der Waals surface area contributed by atoms with E-state index >= 15 is 0 Å². The maximum absolute atomic E-state index is 12.1. The third-order valence-electron chi connectivity index (χ3n) is 6.48. The minimum Gasteiger partial charge on any atom is -0.460 e. The van der Waals surface area contributed by atoms with E-state index in [9.17, 15) is 9.59 Å². The Labute approximate surface area is 137 Å². The maximum Gasteiger partial charge on any atom is 0.309 e. The molecule has 128 valence electrons. The van der Waals surface area contributed by atoms with Crippen LogP contribution in [-0.4, -0.2) is 47.2 Å². The van der Waals surface area contributed by atoms with Gasteiger partial charge in [0.25, 0.3) is 0 Å². The van der Waals surface area contributed by atoms with Gasteiger partial charge in [0.15, 0.2) is 0 Å². The molecule has 5 heteroatoms. The first-order valence-corrected chi connectivity index (χ1v) is 9.19. The SMILES string of the molecule is C[C@@H]1C[C@]2(CCCCN3[C@H]2CC[C@H]3C2C[C@H](C)C(=O)O2)OC1=O. The second-order valence-electron chi connectivity index (χ2n) is 8.06. The van der Waals surface area contributed by atoms with Gasteiger partial charge < -0.3 is 9.47 Å². The van der Waals surface area contributed by atoms with Crippen molar-refractivity contribution in [3.05, 3.63) is 0 Å². The van der Waals surface area contributed by atoms with E-state index in [1.807, 2.05) is 13.8 Å². The predicted octanol–water partition coefficient (Wildman–Crippen LogP) is 2.28. The molecule has 0 aliphatic carbocycles. The van der Waals surface area contributed by atoms with Crippen molar-refractivity contribution < 1.29 is 19.1 Å². The van der Waals surface area contributed by atoms with Crippen LogP contribution in [0.25, 0.3) is 0 Å². The van der Waals surface area contributed by atoms with E-state index in [0.29, 0.717) is 12.1 Å². The number of nitrogens with zero attached hydrogens (tertiary/aromatic N) is 1. The van der Waals surface area contributed by atoms with Crippen molar-refractivity contribution in [3.63, 3.8) is 0 Å². The molecule has 0 aromatic heterocycles. The van der Waals surface area contributed by atoms with E-state index in [-0.39, 0.29) is 35.5 Å². The highest BCUT2D eigenvalue weighted by Gasteiger charge is 2.57. The monoisotopic (exact) mass is 321 g/mol. The van der Waals surface area contributed by atoms with E-state index in [0.717, 1.165) is 51.5 Å². The summed E-state index contributed by atoms with van der Waals surface area (Å²) < 4.78 is 11.6. The van der Waals surface area contributed by atoms with E-state index in [1.165, 1.54) is 0 Å². The van der Waals surface area contributed by atoms with Crippen molar-refractivity contribution in [3.8, 4) is 0 Å². The molecule has 0 aromatic rings. The molecular weight excluding hydrogens is 294 g/mol. The quantitative estimate of drug-likeness (QED) is 0.694. The zero-order valence-corrected chi connectivity index (χ0v) is 14.1. The Hall–Kier alpha value is -1.10. The lowest BCUT2D eigenvalue weighted by Crippen LogP contribution is -2.52. The summed E-state index contributed by atoms with van der Waals surface area (Å²) in [6.45, 7) is 4.98. The maximum atomic E-state index is 12.1. The summed E-state index contributed by atoms with van der Waals surface area (Å²) in [5, 5.41) is 0. The number of carbonyl (C=O) groups is 2. The molecule has 4 saturated heterocycles. The molecule has 6 atom stereocenters. The molecule has 0 aromatic carbocycles. The zero-order chi connectivity index (χ0) is 16.2. The molecule has 4 aliphatic heterocycles. The summed E-state index contributed by atoms with van der Waals surface area (Å²) in [4.78, 5) is 26.4. The van der Waals surface area contributed by atoms with Crippen LogP contribution in [0, 0.1) is 11.8 Å². The molecule has 0 N–H and O–H groups in total. The number of rotatable bonds is 1. The van der Waals surface area contributed by atoms with Crippen molar-refractivity contribution in [2.75, 3.05) is 6.54 Å². The largest absolute Gasteiger partial charge is 0.460 e. The molecule has 0 radical (unpaired) electrons. The van der Waals surface area contributed by atoms with Crippen molar-refractivity contribution in [1.82, 2.24) is 4.90 Å². The number of hydrogen-bond acceptors (Lipinski definition) is 5. The van der Waals surface area contributed by atoms with Crippen LogP contribution in [0.2, 0.25) is 0 Å². The van der Waals surface area contributed by atoms with Gasteiger partial charge in [-0.05, 0) is 45.1 Å². The highest BCUT2D eigenvalue weighted by molar-refractivity contribution is 5.75. The average molecular weight is 321 g/mol. The molecule has 0 amide bonds. The van der Waals surface area contributed by atoms with Crippen LogP contribution >= 0.6 is 0 Å². The van der Waals surface area contributed by atoms with Gasteiger partial charge in [0.2, 0.25) is 0 Å². The number of fused-ring (bicyclic) bond motifs is 2. The van der Waals surface area contributed by atoms with E-state index in [1.54, 1.807) is 0 Å². The summed E-state index contributed by atoms with van der Waals surface area (Å²) in [6, 6.07) is 0.608. The van der Waals surface area contributed by atoms with Crippen molar-refractivity contribution in [2.45, 2.75) is 82.6 Å². The van der Waals surface area contributed by atoms with Crippen LogP contribution in [0.15, 0.2) is 0 Å². The Kier molecular flexibility index (Phi) is 3.67. The summed E-state index contributed by atoms with van der Waals surface area (Å²) in [7, 11) is 0. The molecule has 4 rings (SSSR count). The van der Waals surface area contributed by atoms with E-state index < -0.39 is 0 Å². The highest BCUT2D eigenvalue weighted by atomic mass is 16.6. The number of carbonyl (C=O) groups excluding carboxylic acids is 2. The normalized spacial score (nSPS) is 47.5. The molecule has 23 heavy (non-hydrogen) atoms. The standard InChI is InChI=1S/C18H27NO4/c1-11-9-14(22-16(11)20)13-5-6-15-18(7-3-4-8-19(13)15)10-12(2)17(21)23-18/h11-15H,3-10H2,1-2H3/t11-,12+,13-,14?,15-,18-/m0/s1. The molecule has 4 heterocycles. The smallest absolute Gasteiger partial charge is 0.309 e. The Morgan fingerprint density at radius 3 is 2.57 bits per heavy atom. The topological polar surface area (TPSA) is 55.8 Å². The summed E-state index contributed by atoms with van der Waals surface area (Å²) >= 11 is 0. The highest BCUT2D eigenvalue weighted by Crippen LogP contribution is 2.48. The van der Waals surface area contributed by atoms with Gasteiger partial charge in [-0.2, -0.15) is 0 Å². The lowest BCUT2D eigenvalue weighted by molar-refractivity contribution is -0.156. The summed E-state index contributed by atoms with van der Waals surface area (Å²) in [6.07, 6.45) is 7.02. The van der Waals surface area contributed by atoms with Gasteiger partial charge >= 0.3 is 11.9 Å². The van der Waals surface area contributed by atoms with Gasteiger partial charge in [0.05, 0.1) is 17.9 Å². The lowest BCUT2D eigenvalue weighted by Gasteiger charge is -2.39. The van der Waals surface area contributed by atoms with Gasteiger partial charge in [-0.3, -0.25) is 14.5 Å². The van der Waals surface area contributed by atoms with Gasteiger partial charge in [0.1, 0.15) is 11.7 Å². The third kappa shape index (κ3) is 2.39. The first kappa shape index (κ1) is 15.4. The van der Waals surface area contributed by atoms with Gasteiger partial charge in [-0.1, -0.05) is 13.8 Å². The molecule has 0 bridgehead atoms. The Balaban J connectivity index is 1.57. The number of esters is 2. The van der Waals surface area contributed by atoms with Crippen LogP contribution in [0.3, 0.4) is 0 Å². The first-order chi connectivity index (χ1) is 11.0. The van der Waals surface area contributed by atoms with Gasteiger partial charge in [0, 0.05) is 12.5 Å². The number of hydrogen-bond donors (Lipinski definition) is 0. The number of cyclic esters (lactones) is 1. The van der Waals surface area contributed by atoms with E-state index in [4.69, 9.17) is 9.47 Å². The summed E-state index contributed by atoms with van der Waals surface area (Å²) in [5.41, 5.74) is -0.296. The predicted molar refractivity (Wildman–Crippen MR) is 83.6 cm³/mol. The molecule has 1 unspecified atom stereocenters. The fourth-order valence-electron chi connectivity index (χ4n) is 5.36. The fourth-order valence-corrected chi connectivity index (χ4v) is 5.36. The minimum absolute atomic E-state index is 0.0123. The first-order valence-electron chi connectivity index (χ1n) is 9.19. The lowest BCUT2D eigenvalue weighted by atomic mass is 9.83. The Morgan fingerprint density at radius 1 is 1.09 bits per heavy atom. The van der Waals surface area contributed by atoms with Crippen molar-refractivity contribution >= 4 is 11.9 Å². The zero-order valence-electron chi connectivity index (χ0n) is 14.1. The molecule has 4 fully saturated rings. The molecular formula is C18H27NO4. The Bertz CT molecular complexity index is 521. The fraction of sp³-hybridized carbons (Fsp3) is 0.889. The van der Waals surface area contributed by atoms with Gasteiger partial charge in [-0.25, -0.2) is 0 Å². The van der Waals surface area contributed by atoms with E-state index in [2.05, 4.69) is 4.90 Å². The van der Waals surface area contributed by atoms with Crippen molar-refractivity contribution in [1.29, 1.82) is 0 Å². The summed E-state index contributed by atoms with van der Waals surface area (Å²) in [5.74, 6) is -0.0530. The third-order valence-corrected chi connectivity index (χ3v) is 6.48. The molecule has 5 nitrogen and oxygen atoms in total. The Morgan fingerprint density at radius 2 is 1.91 bits per heavy atom. The number of ether oxygens (including phenoxy) is 2. The van der Waals surface area contributed by atoms with Gasteiger partial charge in [-0.15, -0.1) is 0 Å². The van der Waals surface area contributed by atoms with Crippen LogP contribution in [-0.2, 0) is 19.1 Å². The van der Waals surface area contributed by atoms with Crippen molar-refractivity contribution in [2.24, 2.45) is 11.8 Å². The second kappa shape index (κ2) is 5.47. The molecule has 0 saturated carbocycles. The molecule has 1 spiro atoms. The average Bonchev–Trinajstić information content (AvgIpc) is 3.11. The second-order valence-corrected chi connectivity index (χ2v) is 8.06. The van der Waals surface area contributed by atoms with Crippen LogP contribution in [0.5, 0.6) is 0 Å². The molecule has 4 aliphatic rings. The van der Waals surface area contributed by atoms with Crippen LogP contribution in [0.1, 0.15) is 58.8 Å². The van der Waals surface area contributed by atoms with Crippen LogP contribution < -0.4 is 0 Å². The van der Waals surface area contributed by atoms with Crippen LogP contribution in [0.4, 0.5) is 0 Å². The minimum atomic E-state index is -0.296.